The predicted octanol–water partition coefficient (Wildman–Crippen LogP) is 5.84. The summed E-state index contributed by atoms with van der Waals surface area (Å²) >= 11 is 3.54. The van der Waals surface area contributed by atoms with Crippen molar-refractivity contribution >= 4 is 34.4 Å². The highest BCUT2D eigenvalue weighted by atomic mass is 32.2. The maximum Gasteiger partial charge on any atom is 0.139 e. The lowest BCUT2D eigenvalue weighted by Crippen LogP contribution is -1.98. The summed E-state index contributed by atoms with van der Waals surface area (Å²) in [6.45, 7) is 0.448. The summed E-state index contributed by atoms with van der Waals surface area (Å²) < 4.78 is 7.67. The van der Waals surface area contributed by atoms with Crippen LogP contribution in [-0.2, 0) is 18.2 Å². The minimum atomic E-state index is 0.448. The van der Waals surface area contributed by atoms with Gasteiger partial charge < -0.3 is 4.74 Å². The molecule has 0 unspecified atom stereocenters. The first-order valence-corrected chi connectivity index (χ1v) is 12.4. The summed E-state index contributed by atoms with van der Waals surface area (Å²) in [6, 6.07) is 28.9. The number of nitrogens with zero attached hydrogens (tertiary/aromatic N) is 5. The van der Waals surface area contributed by atoms with E-state index in [-0.39, 0.29) is 0 Å². The van der Waals surface area contributed by atoms with Crippen molar-refractivity contribution in [3.8, 4) is 5.75 Å². The Balaban J connectivity index is 1.16. The van der Waals surface area contributed by atoms with Gasteiger partial charge in [-0.3, -0.25) is 0 Å². The minimum absolute atomic E-state index is 0.448. The molecule has 0 radical (unpaired) electrons. The van der Waals surface area contributed by atoms with Crippen LogP contribution >= 0.6 is 23.5 Å². The van der Waals surface area contributed by atoms with E-state index in [1.807, 2.05) is 48.2 Å². The number of pyridine rings is 1. The number of fused-ring (bicyclic) bond motifs is 1. The molecule has 0 aliphatic carbocycles. The number of hydrogen-bond acceptors (Lipinski definition) is 7. The third kappa shape index (κ3) is 5.71. The first-order chi connectivity index (χ1) is 16.3. The smallest absolute Gasteiger partial charge is 0.139 e. The Morgan fingerprint density at radius 1 is 0.818 bits per heavy atom. The van der Waals surface area contributed by atoms with Crippen molar-refractivity contribution in [1.29, 1.82) is 0 Å². The van der Waals surface area contributed by atoms with Crippen LogP contribution in [0, 0.1) is 0 Å². The van der Waals surface area contributed by atoms with Crippen LogP contribution in [0.5, 0.6) is 5.75 Å². The normalized spacial score (nSPS) is 11.0. The van der Waals surface area contributed by atoms with E-state index in [4.69, 9.17) is 4.74 Å². The topological polar surface area (TPSA) is 65.7 Å². The molecule has 0 aliphatic rings. The minimum Gasteiger partial charge on any atom is -0.487 e. The molecule has 164 valence electrons. The summed E-state index contributed by atoms with van der Waals surface area (Å²) in [5.74, 6) is 2.42. The fourth-order valence-corrected chi connectivity index (χ4v) is 5.16. The average molecular weight is 472 g/mol. The van der Waals surface area contributed by atoms with Gasteiger partial charge in [-0.05, 0) is 58.5 Å². The zero-order valence-corrected chi connectivity index (χ0v) is 19.4. The van der Waals surface area contributed by atoms with Crippen LogP contribution in [0.4, 0.5) is 0 Å². The van der Waals surface area contributed by atoms with Gasteiger partial charge in [0.25, 0.3) is 0 Å². The van der Waals surface area contributed by atoms with Crippen LogP contribution in [0.2, 0.25) is 0 Å². The fraction of sp³-hybridized carbons (Fsp3) is 0.120. The quantitative estimate of drug-likeness (QED) is 0.250. The lowest BCUT2D eigenvalue weighted by molar-refractivity contribution is 0.301. The molecule has 0 amide bonds. The molecular weight excluding hydrogens is 450 g/mol. The fourth-order valence-electron chi connectivity index (χ4n) is 3.28. The molecule has 2 aromatic heterocycles. The van der Waals surface area contributed by atoms with Crippen LogP contribution in [0.1, 0.15) is 11.3 Å². The van der Waals surface area contributed by atoms with E-state index in [9.17, 15) is 0 Å². The second kappa shape index (κ2) is 10.5. The molecule has 0 bridgehead atoms. The van der Waals surface area contributed by atoms with Crippen molar-refractivity contribution in [2.45, 2.75) is 28.0 Å². The zero-order valence-electron chi connectivity index (χ0n) is 17.7. The molecule has 0 atom stereocenters. The molecule has 8 heteroatoms. The maximum absolute atomic E-state index is 5.95. The highest BCUT2D eigenvalue weighted by molar-refractivity contribution is 7.99. The molecule has 0 saturated carbocycles. The summed E-state index contributed by atoms with van der Waals surface area (Å²) in [7, 11) is 0. The molecule has 0 spiro atoms. The summed E-state index contributed by atoms with van der Waals surface area (Å²) in [5.41, 5.74) is 3.20. The summed E-state index contributed by atoms with van der Waals surface area (Å²) in [4.78, 5) is 7.11. The first-order valence-electron chi connectivity index (χ1n) is 10.5. The van der Waals surface area contributed by atoms with Crippen molar-refractivity contribution < 1.29 is 4.74 Å². The van der Waals surface area contributed by atoms with Crippen LogP contribution < -0.4 is 4.74 Å². The largest absolute Gasteiger partial charge is 0.487 e. The zero-order chi connectivity index (χ0) is 22.3. The molecular formula is C25H21N5OS2. The number of para-hydroxylation sites is 1. The van der Waals surface area contributed by atoms with E-state index in [0.29, 0.717) is 12.5 Å². The van der Waals surface area contributed by atoms with Crippen LogP contribution in [-0.4, -0.2) is 25.2 Å². The lowest BCUT2D eigenvalue weighted by Gasteiger charge is -2.10. The van der Waals surface area contributed by atoms with E-state index < -0.39 is 0 Å². The van der Waals surface area contributed by atoms with Gasteiger partial charge in [-0.15, -0.1) is 28.6 Å². The van der Waals surface area contributed by atoms with Crippen molar-refractivity contribution in [2.75, 3.05) is 0 Å². The third-order valence-corrected chi connectivity index (χ3v) is 7.14. The monoisotopic (exact) mass is 471 g/mol. The average Bonchev–Trinajstić information content (AvgIpc) is 3.40. The second-order valence-corrected chi connectivity index (χ2v) is 9.31. The molecule has 2 heterocycles. The van der Waals surface area contributed by atoms with Gasteiger partial charge in [0.2, 0.25) is 0 Å². The molecule has 0 N–H and O–H groups in total. The van der Waals surface area contributed by atoms with Gasteiger partial charge in [0, 0.05) is 20.9 Å². The molecule has 0 aliphatic heterocycles. The van der Waals surface area contributed by atoms with Crippen LogP contribution in [0.25, 0.3) is 10.9 Å². The van der Waals surface area contributed by atoms with Crippen molar-refractivity contribution in [3.63, 3.8) is 0 Å². The Labute approximate surface area is 200 Å². The van der Waals surface area contributed by atoms with Gasteiger partial charge in [-0.1, -0.05) is 42.5 Å². The van der Waals surface area contributed by atoms with Crippen molar-refractivity contribution in [3.05, 3.63) is 103 Å². The first kappa shape index (κ1) is 21.5. The molecule has 5 aromatic rings. The maximum atomic E-state index is 5.95. The Morgan fingerprint density at radius 3 is 2.55 bits per heavy atom. The number of thioether (sulfide) groups is 2. The van der Waals surface area contributed by atoms with E-state index in [2.05, 4.69) is 69.0 Å². The summed E-state index contributed by atoms with van der Waals surface area (Å²) in [5, 5.41) is 12.4. The number of hydrogen-bond donors (Lipinski definition) is 0. The number of rotatable bonds is 9. The molecule has 0 saturated heterocycles. The van der Waals surface area contributed by atoms with Gasteiger partial charge in [0.1, 0.15) is 18.7 Å². The molecule has 5 rings (SSSR count). The van der Waals surface area contributed by atoms with E-state index in [1.54, 1.807) is 22.8 Å². The van der Waals surface area contributed by atoms with E-state index >= 15 is 0 Å². The number of aromatic nitrogens is 5. The number of ether oxygens (including phenoxy) is 1. The van der Waals surface area contributed by atoms with Gasteiger partial charge >= 0.3 is 0 Å². The Hall–Kier alpha value is -3.36. The highest BCUT2D eigenvalue weighted by Gasteiger charge is 2.06. The van der Waals surface area contributed by atoms with E-state index in [0.717, 1.165) is 28.1 Å². The molecule has 0 fully saturated rings. The SMILES string of the molecule is c1ccc(SCn2cnnn2)c(CSc2ccc(OCc3ccc4ccccc4n3)cc2)c1. The van der Waals surface area contributed by atoms with Gasteiger partial charge in [-0.2, -0.15) is 0 Å². The number of benzene rings is 3. The van der Waals surface area contributed by atoms with Gasteiger partial charge in [0.15, 0.2) is 0 Å². The third-order valence-electron chi connectivity index (χ3n) is 4.98. The standard InChI is InChI=1S/C25H21N5OS2/c1-3-7-24-19(5-1)9-10-21(27-24)15-31-22-11-13-23(14-12-22)32-16-20-6-2-4-8-25(20)33-18-30-17-26-28-29-30/h1-14,17H,15-16,18H2. The Morgan fingerprint density at radius 2 is 1.67 bits per heavy atom. The van der Waals surface area contributed by atoms with Crippen LogP contribution in [0.3, 0.4) is 0 Å². The van der Waals surface area contributed by atoms with Crippen LogP contribution in [0.15, 0.2) is 101 Å². The van der Waals surface area contributed by atoms with Crippen molar-refractivity contribution in [2.24, 2.45) is 0 Å². The second-order valence-electron chi connectivity index (χ2n) is 7.27. The van der Waals surface area contributed by atoms with Gasteiger partial charge in [0.05, 0.1) is 17.1 Å². The summed E-state index contributed by atoms with van der Waals surface area (Å²) in [6.07, 6.45) is 1.63. The van der Waals surface area contributed by atoms with E-state index in [1.165, 1.54) is 15.4 Å². The molecule has 3 aromatic carbocycles. The van der Waals surface area contributed by atoms with Crippen molar-refractivity contribution in [1.82, 2.24) is 25.2 Å². The molecule has 6 nitrogen and oxygen atoms in total. The predicted molar refractivity (Wildman–Crippen MR) is 132 cm³/mol. The molecule has 33 heavy (non-hydrogen) atoms. The van der Waals surface area contributed by atoms with Gasteiger partial charge in [-0.25, -0.2) is 9.67 Å². The lowest BCUT2D eigenvalue weighted by atomic mass is 10.2. The number of tetrazole rings is 1. The highest BCUT2D eigenvalue weighted by Crippen LogP contribution is 2.31. The Kier molecular flexibility index (Phi) is 6.84. The Bertz CT molecular complexity index is 1330.